The molecular formula is C15H15NO2S. The summed E-state index contributed by atoms with van der Waals surface area (Å²) in [5.74, 6) is 0.102. The Morgan fingerprint density at radius 2 is 2.11 bits per heavy atom. The van der Waals surface area contributed by atoms with E-state index in [1.165, 1.54) is 0 Å². The second-order valence-corrected chi connectivity index (χ2v) is 5.31. The topological polar surface area (TPSA) is 29.5 Å². The van der Waals surface area contributed by atoms with E-state index in [0.717, 1.165) is 11.1 Å². The maximum Gasteiger partial charge on any atom is 0.254 e. The Hall–Kier alpha value is -1.65. The van der Waals surface area contributed by atoms with Gasteiger partial charge in [-0.25, -0.2) is 0 Å². The van der Waals surface area contributed by atoms with Gasteiger partial charge in [-0.15, -0.1) is 0 Å². The first-order chi connectivity index (χ1) is 9.34. The number of thiophene rings is 1. The molecule has 0 bridgehead atoms. The van der Waals surface area contributed by atoms with Crippen LogP contribution in [-0.4, -0.2) is 30.5 Å². The molecule has 0 aliphatic carbocycles. The highest BCUT2D eigenvalue weighted by Gasteiger charge is 2.26. The van der Waals surface area contributed by atoms with Gasteiger partial charge in [0.25, 0.3) is 5.91 Å². The number of hydrogen-bond acceptors (Lipinski definition) is 3. The molecule has 1 unspecified atom stereocenters. The lowest BCUT2D eigenvalue weighted by Gasteiger charge is -2.33. The zero-order chi connectivity index (χ0) is 13.1. The van der Waals surface area contributed by atoms with Crippen LogP contribution in [0.4, 0.5) is 0 Å². The smallest absolute Gasteiger partial charge is 0.254 e. The summed E-state index contributed by atoms with van der Waals surface area (Å²) in [6, 6.07) is 11.9. The number of benzene rings is 1. The summed E-state index contributed by atoms with van der Waals surface area (Å²) in [6.07, 6.45) is -0.0162. The Kier molecular flexibility index (Phi) is 3.62. The number of amides is 1. The molecule has 1 aromatic carbocycles. The first kappa shape index (κ1) is 12.4. The van der Waals surface area contributed by atoms with Gasteiger partial charge in [-0.1, -0.05) is 30.3 Å². The van der Waals surface area contributed by atoms with E-state index in [9.17, 15) is 4.79 Å². The summed E-state index contributed by atoms with van der Waals surface area (Å²) in [7, 11) is 0. The van der Waals surface area contributed by atoms with Crippen molar-refractivity contribution in [2.75, 3.05) is 19.7 Å². The van der Waals surface area contributed by atoms with Gasteiger partial charge in [-0.3, -0.25) is 4.79 Å². The fraction of sp³-hybridized carbons (Fsp3) is 0.267. The molecule has 98 valence electrons. The third-order valence-corrected chi connectivity index (χ3v) is 3.98. The first-order valence-corrected chi connectivity index (χ1v) is 7.27. The Bertz CT molecular complexity index is 539. The second-order valence-electron chi connectivity index (χ2n) is 4.53. The van der Waals surface area contributed by atoms with Crippen molar-refractivity contribution < 1.29 is 9.53 Å². The standard InChI is InChI=1S/C15H15NO2S/c17-15(13-6-9-19-11-13)16-7-8-18-14(10-16)12-4-2-1-3-5-12/h1-6,9,11,14H,7-8,10H2. The van der Waals surface area contributed by atoms with Crippen molar-refractivity contribution in [3.63, 3.8) is 0 Å². The van der Waals surface area contributed by atoms with E-state index < -0.39 is 0 Å². The molecule has 1 fully saturated rings. The minimum Gasteiger partial charge on any atom is -0.370 e. The van der Waals surface area contributed by atoms with Crippen molar-refractivity contribution in [2.24, 2.45) is 0 Å². The summed E-state index contributed by atoms with van der Waals surface area (Å²) in [5.41, 5.74) is 1.91. The van der Waals surface area contributed by atoms with Crippen molar-refractivity contribution in [3.05, 3.63) is 58.3 Å². The van der Waals surface area contributed by atoms with Crippen LogP contribution in [0.5, 0.6) is 0 Å². The molecule has 3 nitrogen and oxygen atoms in total. The monoisotopic (exact) mass is 273 g/mol. The van der Waals surface area contributed by atoms with E-state index in [-0.39, 0.29) is 12.0 Å². The van der Waals surface area contributed by atoms with E-state index in [1.807, 2.05) is 52.1 Å². The molecule has 1 saturated heterocycles. The lowest BCUT2D eigenvalue weighted by Crippen LogP contribution is -2.42. The fourth-order valence-electron chi connectivity index (χ4n) is 2.27. The number of carbonyl (C=O) groups excluding carboxylic acids is 1. The Balaban J connectivity index is 1.73. The van der Waals surface area contributed by atoms with Crippen LogP contribution in [0.15, 0.2) is 47.2 Å². The van der Waals surface area contributed by atoms with Crippen LogP contribution in [0.1, 0.15) is 22.0 Å². The van der Waals surface area contributed by atoms with Crippen LogP contribution < -0.4 is 0 Å². The van der Waals surface area contributed by atoms with Crippen molar-refractivity contribution >= 4 is 17.2 Å². The minimum atomic E-state index is -0.0162. The molecule has 1 aliphatic heterocycles. The quantitative estimate of drug-likeness (QED) is 0.842. The maximum absolute atomic E-state index is 12.3. The van der Waals surface area contributed by atoms with Crippen molar-refractivity contribution in [1.29, 1.82) is 0 Å². The molecule has 2 aromatic rings. The number of carbonyl (C=O) groups is 1. The van der Waals surface area contributed by atoms with Crippen molar-refractivity contribution in [1.82, 2.24) is 4.90 Å². The molecular weight excluding hydrogens is 258 g/mol. The minimum absolute atomic E-state index is 0.0162. The van der Waals surface area contributed by atoms with Gasteiger partial charge < -0.3 is 9.64 Å². The van der Waals surface area contributed by atoms with Gasteiger partial charge >= 0.3 is 0 Å². The highest BCUT2D eigenvalue weighted by Crippen LogP contribution is 2.23. The second kappa shape index (κ2) is 5.55. The van der Waals surface area contributed by atoms with Crippen LogP contribution in [0.2, 0.25) is 0 Å². The average molecular weight is 273 g/mol. The first-order valence-electron chi connectivity index (χ1n) is 6.32. The normalized spacial score (nSPS) is 19.4. The van der Waals surface area contributed by atoms with E-state index in [4.69, 9.17) is 4.74 Å². The third-order valence-electron chi connectivity index (χ3n) is 3.29. The van der Waals surface area contributed by atoms with Crippen LogP contribution in [-0.2, 0) is 4.74 Å². The summed E-state index contributed by atoms with van der Waals surface area (Å²) in [6.45, 7) is 1.88. The molecule has 0 radical (unpaired) electrons. The molecule has 0 N–H and O–H groups in total. The summed E-state index contributed by atoms with van der Waals surface area (Å²) >= 11 is 1.55. The Morgan fingerprint density at radius 1 is 1.26 bits per heavy atom. The molecule has 1 aliphatic rings. The maximum atomic E-state index is 12.3. The van der Waals surface area contributed by atoms with Crippen LogP contribution in [0, 0.1) is 0 Å². The molecule has 1 aromatic heterocycles. The zero-order valence-electron chi connectivity index (χ0n) is 10.5. The summed E-state index contributed by atoms with van der Waals surface area (Å²) in [4.78, 5) is 14.2. The van der Waals surface area contributed by atoms with Gasteiger partial charge in [0.15, 0.2) is 0 Å². The van der Waals surface area contributed by atoms with Crippen LogP contribution in [0.25, 0.3) is 0 Å². The summed E-state index contributed by atoms with van der Waals surface area (Å²) < 4.78 is 5.77. The van der Waals surface area contributed by atoms with Crippen LogP contribution >= 0.6 is 11.3 Å². The zero-order valence-corrected chi connectivity index (χ0v) is 11.3. The van der Waals surface area contributed by atoms with Gasteiger partial charge in [0.1, 0.15) is 6.10 Å². The van der Waals surface area contributed by atoms with E-state index in [0.29, 0.717) is 19.7 Å². The number of hydrogen-bond donors (Lipinski definition) is 0. The average Bonchev–Trinajstić information content (AvgIpc) is 3.02. The highest BCUT2D eigenvalue weighted by atomic mass is 32.1. The number of morpholine rings is 1. The van der Waals surface area contributed by atoms with E-state index in [1.54, 1.807) is 11.3 Å². The van der Waals surface area contributed by atoms with Gasteiger partial charge in [-0.05, 0) is 17.0 Å². The number of nitrogens with zero attached hydrogens (tertiary/aromatic N) is 1. The van der Waals surface area contributed by atoms with Crippen LogP contribution in [0.3, 0.4) is 0 Å². The predicted octanol–water partition coefficient (Wildman–Crippen LogP) is 2.96. The number of rotatable bonds is 2. The molecule has 1 amide bonds. The molecule has 19 heavy (non-hydrogen) atoms. The Labute approximate surface area is 116 Å². The highest BCUT2D eigenvalue weighted by molar-refractivity contribution is 7.08. The molecule has 3 rings (SSSR count). The number of ether oxygens (including phenoxy) is 1. The van der Waals surface area contributed by atoms with Crippen molar-refractivity contribution in [2.45, 2.75) is 6.10 Å². The van der Waals surface area contributed by atoms with Crippen molar-refractivity contribution in [3.8, 4) is 0 Å². The van der Waals surface area contributed by atoms with Gasteiger partial charge in [0, 0.05) is 11.9 Å². The SMILES string of the molecule is O=C(c1ccsc1)N1CCOC(c2ccccc2)C1. The lowest BCUT2D eigenvalue weighted by molar-refractivity contribution is -0.0228. The third kappa shape index (κ3) is 2.69. The molecule has 0 spiro atoms. The van der Waals surface area contributed by atoms with E-state index >= 15 is 0 Å². The molecule has 1 atom stereocenters. The van der Waals surface area contributed by atoms with E-state index in [2.05, 4.69) is 0 Å². The van der Waals surface area contributed by atoms with Gasteiger partial charge in [0.2, 0.25) is 0 Å². The Morgan fingerprint density at radius 3 is 2.84 bits per heavy atom. The lowest BCUT2D eigenvalue weighted by atomic mass is 10.1. The predicted molar refractivity (Wildman–Crippen MR) is 75.4 cm³/mol. The largest absolute Gasteiger partial charge is 0.370 e. The van der Waals surface area contributed by atoms with Gasteiger partial charge in [0.05, 0.1) is 18.7 Å². The van der Waals surface area contributed by atoms with Gasteiger partial charge in [-0.2, -0.15) is 11.3 Å². The molecule has 0 saturated carbocycles. The molecule has 2 heterocycles. The summed E-state index contributed by atoms with van der Waals surface area (Å²) in [5, 5.41) is 3.83. The molecule has 4 heteroatoms. The fourth-order valence-corrected chi connectivity index (χ4v) is 2.90.